The number of aliphatic imine (C=N–C) groups is 1. The summed E-state index contributed by atoms with van der Waals surface area (Å²) in [7, 11) is 0. The summed E-state index contributed by atoms with van der Waals surface area (Å²) in [6, 6.07) is 8.95. The maximum Gasteiger partial charge on any atom is 0.245 e. The van der Waals surface area contributed by atoms with E-state index in [2.05, 4.69) is 63.1 Å². The van der Waals surface area contributed by atoms with Gasteiger partial charge in [-0.25, -0.2) is 0 Å². The molecule has 0 aliphatic carbocycles. The first-order chi connectivity index (χ1) is 45.3. The number of nitrogens with one attached hydrogen (secondary N) is 10. The Labute approximate surface area is 555 Å². The topological polar surface area (TPSA) is 452 Å². The highest BCUT2D eigenvalue weighted by Gasteiger charge is 2.40. The first-order valence-electron chi connectivity index (χ1n) is 31.6. The number of nitrogens with zero attached hydrogens (tertiary/aromatic N) is 3. The van der Waals surface area contributed by atoms with E-state index in [9.17, 15) is 62.6 Å². The molecule has 29 nitrogen and oxygen atoms in total. The second kappa shape index (κ2) is 36.6. The number of amides is 12. The van der Waals surface area contributed by atoms with Crippen LogP contribution in [0.4, 0.5) is 0 Å². The van der Waals surface area contributed by atoms with E-state index < -0.39 is 144 Å². The van der Waals surface area contributed by atoms with E-state index in [4.69, 9.17) is 28.8 Å². The van der Waals surface area contributed by atoms with Crippen molar-refractivity contribution in [3.63, 3.8) is 0 Å². The van der Waals surface area contributed by atoms with Crippen LogP contribution in [0.25, 0.3) is 10.8 Å². The van der Waals surface area contributed by atoms with Crippen LogP contribution >= 0.6 is 11.6 Å². The smallest absolute Gasteiger partial charge is 0.245 e. The van der Waals surface area contributed by atoms with Crippen molar-refractivity contribution < 1.29 is 62.6 Å². The summed E-state index contributed by atoms with van der Waals surface area (Å²) in [5.41, 5.74) is 18.2. The lowest BCUT2D eigenvalue weighted by atomic mass is 9.99. The van der Waals surface area contributed by atoms with Gasteiger partial charge in [-0.3, -0.25) is 67.5 Å². The maximum absolute atomic E-state index is 14.7. The van der Waals surface area contributed by atoms with Gasteiger partial charge >= 0.3 is 0 Å². The van der Waals surface area contributed by atoms with E-state index in [0.717, 1.165) is 10.8 Å². The molecular weight excluding hydrogens is 1250 g/mol. The van der Waals surface area contributed by atoms with Crippen LogP contribution in [0.3, 0.4) is 0 Å². The third kappa shape index (κ3) is 23.6. The Hall–Kier alpha value is -9.77. The number of guanidine groups is 1. The van der Waals surface area contributed by atoms with Gasteiger partial charge in [0.2, 0.25) is 70.9 Å². The van der Waals surface area contributed by atoms with Crippen molar-refractivity contribution in [3.8, 4) is 0 Å². The number of carbonyl (C=O) groups is 12. The van der Waals surface area contributed by atoms with E-state index in [0.29, 0.717) is 28.1 Å². The highest BCUT2D eigenvalue weighted by Crippen LogP contribution is 2.22. The van der Waals surface area contributed by atoms with Gasteiger partial charge in [-0.15, -0.1) is 0 Å². The van der Waals surface area contributed by atoms with Crippen molar-refractivity contribution >= 4 is 99.2 Å². The molecule has 2 aliphatic heterocycles. The number of benzene rings is 3. The van der Waals surface area contributed by atoms with E-state index >= 15 is 0 Å². The summed E-state index contributed by atoms with van der Waals surface area (Å²) in [4.78, 5) is 177. The number of hydrogen-bond acceptors (Lipinski definition) is 15. The number of hydrogen-bond donors (Lipinski definition) is 14. The monoisotopic (exact) mass is 1330 g/mol. The first kappa shape index (κ1) is 74.3. The maximum atomic E-state index is 14.7. The fourth-order valence-electron chi connectivity index (χ4n) is 11.0. The number of fused-ring (bicyclic) bond motifs is 1. The number of aliphatic hydroxyl groups excluding tert-OH is 1. The predicted octanol–water partition coefficient (Wildman–Crippen LogP) is -1.42. The average Bonchev–Trinajstić information content (AvgIpc) is 1.83. The molecule has 95 heavy (non-hydrogen) atoms. The lowest BCUT2D eigenvalue weighted by Gasteiger charge is -2.31. The van der Waals surface area contributed by atoms with Gasteiger partial charge in [0.1, 0.15) is 60.4 Å². The van der Waals surface area contributed by atoms with Crippen LogP contribution in [0.15, 0.2) is 96.2 Å². The number of nitrogens with two attached hydrogens (primary N) is 3. The van der Waals surface area contributed by atoms with Crippen molar-refractivity contribution in [1.29, 1.82) is 0 Å². The van der Waals surface area contributed by atoms with Gasteiger partial charge in [0.15, 0.2) is 5.96 Å². The number of pyridine rings is 1. The Balaban J connectivity index is 1.25. The van der Waals surface area contributed by atoms with Gasteiger partial charge in [0.05, 0.1) is 13.0 Å². The Morgan fingerprint density at radius 3 is 1.94 bits per heavy atom. The molecule has 6 rings (SSSR count). The zero-order valence-electron chi connectivity index (χ0n) is 53.6. The van der Waals surface area contributed by atoms with Crippen LogP contribution in [0.2, 0.25) is 5.02 Å². The third-order valence-corrected chi connectivity index (χ3v) is 16.2. The average molecular weight is 1340 g/mol. The number of aliphatic hydroxyl groups is 1. The lowest BCUT2D eigenvalue weighted by Crippen LogP contribution is -2.61. The summed E-state index contributed by atoms with van der Waals surface area (Å²) >= 11 is 6.21. The minimum atomic E-state index is -1.87. The molecule has 3 aromatic carbocycles. The van der Waals surface area contributed by atoms with E-state index in [1.165, 1.54) is 31.1 Å². The number of halogens is 1. The number of primary amides is 1. The highest BCUT2D eigenvalue weighted by atomic mass is 35.5. The largest absolute Gasteiger partial charge is 0.394 e. The minimum absolute atomic E-state index is 0.00668. The van der Waals surface area contributed by atoms with E-state index in [-0.39, 0.29) is 95.7 Å². The molecule has 17 N–H and O–H groups in total. The summed E-state index contributed by atoms with van der Waals surface area (Å²) < 4.78 is 0. The van der Waals surface area contributed by atoms with Crippen LogP contribution in [-0.4, -0.2) is 178 Å². The molecule has 0 radical (unpaired) electrons. The lowest BCUT2D eigenvalue weighted by molar-refractivity contribution is -0.142. The molecule has 30 heteroatoms. The van der Waals surface area contributed by atoms with Crippen LogP contribution in [-0.2, 0) is 76.8 Å². The van der Waals surface area contributed by atoms with E-state index in [1.807, 2.05) is 42.5 Å². The Morgan fingerprint density at radius 1 is 0.684 bits per heavy atom. The molecule has 4 aromatic rings. The Kier molecular flexibility index (Phi) is 28.6. The summed E-state index contributed by atoms with van der Waals surface area (Å²) in [6.45, 7) is 5.23. The molecule has 2 saturated heterocycles. The van der Waals surface area contributed by atoms with Gasteiger partial charge in [-0.05, 0) is 110 Å². The molecule has 12 amide bonds. The molecule has 2 fully saturated rings. The molecule has 0 bridgehead atoms. The molecule has 0 spiro atoms. The molecule has 3 heterocycles. The van der Waals surface area contributed by atoms with Gasteiger partial charge in [-0.1, -0.05) is 86.1 Å². The van der Waals surface area contributed by atoms with Crippen molar-refractivity contribution in [2.24, 2.45) is 28.1 Å². The van der Waals surface area contributed by atoms with Gasteiger partial charge in [0.25, 0.3) is 0 Å². The molecular formula is C65H87ClN16O13. The molecule has 512 valence electrons. The van der Waals surface area contributed by atoms with Crippen molar-refractivity contribution in [1.82, 2.24) is 63.1 Å². The van der Waals surface area contributed by atoms with Crippen LogP contribution < -0.4 is 70.4 Å². The fourth-order valence-corrected chi connectivity index (χ4v) is 11.1. The third-order valence-electron chi connectivity index (χ3n) is 16.0. The molecule has 1 aromatic heterocycles. The normalized spacial score (nSPS) is 19.7. The highest BCUT2D eigenvalue weighted by molar-refractivity contribution is 6.30. The van der Waals surface area contributed by atoms with Crippen molar-refractivity contribution in [2.75, 3.05) is 26.2 Å². The fraction of sp³-hybridized carbons (Fsp3) is 0.477. The molecule has 10 atom stereocenters. The summed E-state index contributed by atoms with van der Waals surface area (Å²) in [5, 5.41) is 39.3. The van der Waals surface area contributed by atoms with Crippen molar-refractivity contribution in [2.45, 2.75) is 165 Å². The number of rotatable bonds is 26. The van der Waals surface area contributed by atoms with Gasteiger partial charge < -0.3 is 80.4 Å². The minimum Gasteiger partial charge on any atom is -0.394 e. The number of carbonyl (C=O) groups excluding carboxylic acids is 12. The zero-order chi connectivity index (χ0) is 69.3. The Morgan fingerprint density at radius 2 is 1.31 bits per heavy atom. The molecule has 0 saturated carbocycles. The van der Waals surface area contributed by atoms with E-state index in [1.54, 1.807) is 50.2 Å². The molecule has 2 aliphatic rings. The van der Waals surface area contributed by atoms with Crippen molar-refractivity contribution in [3.05, 3.63) is 113 Å². The summed E-state index contributed by atoms with van der Waals surface area (Å²) in [5.74, 6) is -10.3. The van der Waals surface area contributed by atoms with Crippen LogP contribution in [0, 0.1) is 5.92 Å². The quantitative estimate of drug-likeness (QED) is 0.0195. The zero-order valence-corrected chi connectivity index (χ0v) is 54.4. The Bertz CT molecular complexity index is 3410. The van der Waals surface area contributed by atoms with Gasteiger partial charge in [0, 0.05) is 63.2 Å². The molecule has 0 unspecified atom stereocenters. The summed E-state index contributed by atoms with van der Waals surface area (Å²) in [6.07, 6.45) is 2.85. The van der Waals surface area contributed by atoms with Gasteiger partial charge in [-0.2, -0.15) is 0 Å². The SMILES string of the molecule is CC(=O)N[C@H](Cc1ccc2ccccc2c1)C(=O)N[C@H](Cc1ccc(Cl)cc1)C(=O)N[C@H](Cc1cccnc1)C(=O)N[C@@H](CO)C(=O)N[C@@H]1CC(=O)NCCCC[C@H](C(=O)N2CCC[C@H]2C(=O)N[C@H](C)C(N)=O)NC(=O)[C@H](CC(C)C)NC(=O)[C@@H](CCCN=C(N)N)NC1=O. The first-order valence-corrected chi connectivity index (χ1v) is 32.0. The van der Waals surface area contributed by atoms with Crippen LogP contribution in [0.1, 0.15) is 102 Å². The second-order valence-electron chi connectivity index (χ2n) is 24.1. The standard InChI is InChI=1S/C65H87ClN16O13/c1-36(2)28-47-57(88)76-46(64(95)82-27-11-17-53(82)63(94)73-37(3)55(67)86)15-7-8-25-71-54(85)33-51(61(92)75-45(56(87)77-47)16-10-26-72-65(68)69)80-62(93)52(35-83)81-60(91)50(32-41-12-9-24-70-34-41)79-59(90)49(30-39-19-22-44(66)23-20-39)78-58(89)48(74-38(4)84)31-40-18-21-42-13-5-6-14-43(42)29-40/h5-6,9,12-14,18-24,29,34,36-37,45-53,83H,7-8,10-11,15-17,25-28,30-33,35H2,1-4H3,(H2,67,86)(H,71,85)(H,73,94)(H,74,84)(H,75,92)(H,76,88)(H,77,87)(H,78,89)(H,79,90)(H,80,93)(H,81,91)(H4,68,69,72)/t37-,45-,46-,47+,48-,49-,50-,51-,52+,53+/m1/s1. The number of aromatic nitrogens is 1. The van der Waals surface area contributed by atoms with Crippen LogP contribution in [0.5, 0.6) is 0 Å². The number of likely N-dealkylation sites (tertiary alicyclic amines) is 1. The second-order valence-corrected chi connectivity index (χ2v) is 24.5. The predicted molar refractivity (Wildman–Crippen MR) is 351 cm³/mol.